The largest absolute Gasteiger partial charge is 0.465 e. The fourth-order valence-corrected chi connectivity index (χ4v) is 5.19. The van der Waals surface area contributed by atoms with Crippen LogP contribution in [0.1, 0.15) is 91.8 Å². The molecule has 2 heterocycles. The first-order chi connectivity index (χ1) is 19.1. The Balaban J connectivity index is 1.20. The number of nitrogens with zero attached hydrogens (tertiary/aromatic N) is 3. The van der Waals surface area contributed by atoms with Crippen molar-refractivity contribution in [3.8, 4) is 0 Å². The van der Waals surface area contributed by atoms with E-state index in [1.807, 2.05) is 36.5 Å². The molecule has 210 valence electrons. The predicted molar refractivity (Wildman–Crippen MR) is 157 cm³/mol. The van der Waals surface area contributed by atoms with Crippen LogP contribution in [0.15, 0.2) is 47.6 Å². The first kappa shape index (κ1) is 28.8. The standard InChI is InChI=1S/C32H44N4O3/c1-2-3-4-5-6-10-21-39-31(37)25-35-20-17-28-22-30(16-15-29(28)24-35)34-32(38)27-13-11-26(12-14-27)23-33-36-18-8-7-9-19-36/h11-16,22-23H,2-10,17-21,24-25H2,1H3,(H,34,38)/b33-23+. The number of nitrogens with one attached hydrogen (secondary N) is 1. The normalized spacial score (nSPS) is 15.8. The molecule has 39 heavy (non-hydrogen) atoms. The number of carbonyl (C=O) groups is 2. The Labute approximate surface area is 233 Å². The number of hydrogen-bond acceptors (Lipinski definition) is 6. The van der Waals surface area contributed by atoms with Crippen molar-refractivity contribution in [3.63, 3.8) is 0 Å². The summed E-state index contributed by atoms with van der Waals surface area (Å²) in [6.07, 6.45) is 13.5. The quantitative estimate of drug-likeness (QED) is 0.194. The van der Waals surface area contributed by atoms with Crippen LogP contribution < -0.4 is 5.32 Å². The second-order valence-electron chi connectivity index (χ2n) is 10.8. The van der Waals surface area contributed by atoms with Gasteiger partial charge in [0.05, 0.1) is 19.4 Å². The van der Waals surface area contributed by atoms with E-state index in [9.17, 15) is 9.59 Å². The van der Waals surface area contributed by atoms with E-state index in [-0.39, 0.29) is 11.9 Å². The number of piperidine rings is 1. The van der Waals surface area contributed by atoms with Crippen LogP contribution in [0.4, 0.5) is 5.69 Å². The van der Waals surface area contributed by atoms with E-state index < -0.39 is 0 Å². The van der Waals surface area contributed by atoms with Crippen molar-refractivity contribution < 1.29 is 14.3 Å². The van der Waals surface area contributed by atoms with Gasteiger partial charge in [0.2, 0.25) is 0 Å². The molecule has 1 N–H and O–H groups in total. The number of anilines is 1. The summed E-state index contributed by atoms with van der Waals surface area (Å²) in [5.41, 5.74) is 4.81. The predicted octanol–water partition coefficient (Wildman–Crippen LogP) is 6.02. The first-order valence-corrected chi connectivity index (χ1v) is 14.8. The molecule has 0 radical (unpaired) electrons. The smallest absolute Gasteiger partial charge is 0.320 e. The van der Waals surface area contributed by atoms with Gasteiger partial charge in [0, 0.05) is 37.4 Å². The lowest BCUT2D eigenvalue weighted by Gasteiger charge is -2.28. The summed E-state index contributed by atoms with van der Waals surface area (Å²) in [7, 11) is 0. The molecule has 1 saturated heterocycles. The van der Waals surface area contributed by atoms with Crippen molar-refractivity contribution in [2.75, 3.05) is 38.1 Å². The van der Waals surface area contributed by atoms with Gasteiger partial charge in [-0.1, -0.05) is 57.2 Å². The molecular formula is C32H44N4O3. The molecule has 1 amide bonds. The van der Waals surface area contributed by atoms with Crippen molar-refractivity contribution >= 4 is 23.8 Å². The van der Waals surface area contributed by atoms with Crippen molar-refractivity contribution in [1.29, 1.82) is 0 Å². The number of rotatable bonds is 13. The summed E-state index contributed by atoms with van der Waals surface area (Å²) in [5.74, 6) is -0.264. The van der Waals surface area contributed by atoms with Gasteiger partial charge in [0.1, 0.15) is 0 Å². The highest BCUT2D eigenvalue weighted by atomic mass is 16.5. The summed E-state index contributed by atoms with van der Waals surface area (Å²) < 4.78 is 5.46. The Hall–Kier alpha value is -3.19. The maximum Gasteiger partial charge on any atom is 0.320 e. The zero-order valence-electron chi connectivity index (χ0n) is 23.5. The van der Waals surface area contributed by atoms with Gasteiger partial charge in [0.15, 0.2) is 0 Å². The third-order valence-corrected chi connectivity index (χ3v) is 7.54. The van der Waals surface area contributed by atoms with Gasteiger partial charge in [0.25, 0.3) is 5.91 Å². The van der Waals surface area contributed by atoms with Crippen molar-refractivity contribution in [1.82, 2.24) is 9.91 Å². The molecule has 0 aromatic heterocycles. The average molecular weight is 533 g/mol. The molecule has 0 atom stereocenters. The molecule has 4 rings (SSSR count). The fourth-order valence-electron chi connectivity index (χ4n) is 5.19. The van der Waals surface area contributed by atoms with Crippen molar-refractivity contribution in [2.24, 2.45) is 5.10 Å². The van der Waals surface area contributed by atoms with Gasteiger partial charge < -0.3 is 10.1 Å². The average Bonchev–Trinajstić information content (AvgIpc) is 2.96. The van der Waals surface area contributed by atoms with Crippen LogP contribution in [0, 0.1) is 0 Å². The highest BCUT2D eigenvalue weighted by Gasteiger charge is 2.20. The van der Waals surface area contributed by atoms with Gasteiger partial charge in [-0.2, -0.15) is 5.10 Å². The number of unbranched alkanes of at least 4 members (excludes halogenated alkanes) is 5. The summed E-state index contributed by atoms with van der Waals surface area (Å²) in [5, 5.41) is 9.71. The summed E-state index contributed by atoms with van der Waals surface area (Å²) in [6.45, 7) is 6.61. The lowest BCUT2D eigenvalue weighted by Crippen LogP contribution is -2.35. The van der Waals surface area contributed by atoms with Gasteiger partial charge in [-0.3, -0.25) is 19.5 Å². The molecule has 7 heteroatoms. The topological polar surface area (TPSA) is 74.2 Å². The molecule has 2 aliphatic heterocycles. The molecule has 0 spiro atoms. The van der Waals surface area contributed by atoms with Gasteiger partial charge >= 0.3 is 5.97 Å². The molecule has 0 unspecified atom stereocenters. The van der Waals surface area contributed by atoms with E-state index in [4.69, 9.17) is 4.74 Å². The van der Waals surface area contributed by atoms with Crippen molar-refractivity contribution in [2.45, 2.75) is 77.7 Å². The number of hydrazone groups is 1. The molecule has 2 aromatic rings. The minimum absolute atomic E-state index is 0.125. The summed E-state index contributed by atoms with van der Waals surface area (Å²) in [4.78, 5) is 27.3. The molecular weight excluding hydrogens is 488 g/mol. The van der Waals surface area contributed by atoms with E-state index in [1.165, 1.54) is 56.1 Å². The van der Waals surface area contributed by atoms with Gasteiger partial charge in [-0.05, 0) is 73.1 Å². The van der Waals surface area contributed by atoms with Crippen LogP contribution in [0.25, 0.3) is 0 Å². The molecule has 2 aliphatic rings. The summed E-state index contributed by atoms with van der Waals surface area (Å²) >= 11 is 0. The van der Waals surface area contributed by atoms with E-state index >= 15 is 0 Å². The number of hydrogen-bond donors (Lipinski definition) is 1. The lowest BCUT2D eigenvalue weighted by molar-refractivity contribution is -0.145. The van der Waals surface area contributed by atoms with Crippen LogP contribution in [0.5, 0.6) is 0 Å². The monoisotopic (exact) mass is 532 g/mol. The minimum Gasteiger partial charge on any atom is -0.465 e. The highest BCUT2D eigenvalue weighted by Crippen LogP contribution is 2.23. The van der Waals surface area contributed by atoms with E-state index in [2.05, 4.69) is 39.4 Å². The number of ether oxygens (including phenoxy) is 1. The Morgan fingerprint density at radius 1 is 0.923 bits per heavy atom. The molecule has 1 fully saturated rings. The first-order valence-electron chi connectivity index (χ1n) is 14.8. The SMILES string of the molecule is CCCCCCCCOC(=O)CN1CCc2cc(NC(=O)c3ccc(/C=N/N4CCCCC4)cc3)ccc2C1. The van der Waals surface area contributed by atoms with Crippen LogP contribution in [-0.4, -0.2) is 60.8 Å². The Bertz CT molecular complexity index is 1090. The lowest BCUT2D eigenvalue weighted by atomic mass is 9.99. The molecule has 0 saturated carbocycles. The molecule has 0 aliphatic carbocycles. The summed E-state index contributed by atoms with van der Waals surface area (Å²) in [6, 6.07) is 13.6. The van der Waals surface area contributed by atoms with E-state index in [1.54, 1.807) is 0 Å². The van der Waals surface area contributed by atoms with E-state index in [0.717, 1.165) is 56.7 Å². The number of carbonyl (C=O) groups excluding carboxylic acids is 2. The third-order valence-electron chi connectivity index (χ3n) is 7.54. The number of benzene rings is 2. The second-order valence-corrected chi connectivity index (χ2v) is 10.8. The zero-order chi connectivity index (χ0) is 27.3. The maximum atomic E-state index is 12.8. The van der Waals surface area contributed by atoms with Gasteiger partial charge in [-0.25, -0.2) is 0 Å². The van der Waals surface area contributed by atoms with Crippen molar-refractivity contribution in [3.05, 3.63) is 64.7 Å². The van der Waals surface area contributed by atoms with E-state index in [0.29, 0.717) is 18.7 Å². The highest BCUT2D eigenvalue weighted by molar-refractivity contribution is 6.04. The molecule has 0 bridgehead atoms. The number of esters is 1. The van der Waals surface area contributed by atoms with Crippen LogP contribution in [0.3, 0.4) is 0 Å². The molecule has 2 aromatic carbocycles. The Kier molecular flexibility index (Phi) is 11.4. The Morgan fingerprint density at radius 2 is 1.69 bits per heavy atom. The number of fused-ring (bicyclic) bond motifs is 1. The third kappa shape index (κ3) is 9.50. The fraction of sp³-hybridized carbons (Fsp3) is 0.531. The molecule has 7 nitrogen and oxygen atoms in total. The second kappa shape index (κ2) is 15.4. The zero-order valence-corrected chi connectivity index (χ0v) is 23.5. The maximum absolute atomic E-state index is 12.8. The number of amides is 1. The van der Waals surface area contributed by atoms with Crippen LogP contribution in [-0.2, 0) is 22.5 Å². The van der Waals surface area contributed by atoms with Gasteiger partial charge in [-0.15, -0.1) is 0 Å². The Morgan fingerprint density at radius 3 is 2.49 bits per heavy atom. The van der Waals surface area contributed by atoms with Crippen LogP contribution >= 0.6 is 0 Å². The van der Waals surface area contributed by atoms with Crippen LogP contribution in [0.2, 0.25) is 0 Å². The minimum atomic E-state index is -0.139.